The number of rotatable bonds is 1. The van der Waals surface area contributed by atoms with Gasteiger partial charge in [-0.05, 0) is 36.8 Å². The monoisotopic (exact) mass is 253 g/mol. The Hall–Kier alpha value is -2.49. The molecule has 4 nitrogen and oxygen atoms in total. The highest BCUT2D eigenvalue weighted by Crippen LogP contribution is 2.30. The maximum atomic E-state index is 9.72. The molecule has 2 aromatic carbocycles. The van der Waals surface area contributed by atoms with E-state index in [1.54, 1.807) is 12.1 Å². The minimum Gasteiger partial charge on any atom is -0.506 e. The van der Waals surface area contributed by atoms with Gasteiger partial charge in [0, 0.05) is 12.6 Å². The van der Waals surface area contributed by atoms with Crippen LogP contribution in [-0.4, -0.2) is 14.7 Å². The predicted molar refractivity (Wildman–Crippen MR) is 77.0 cm³/mol. The van der Waals surface area contributed by atoms with Gasteiger partial charge < -0.3 is 15.4 Å². The molecule has 1 heterocycles. The lowest BCUT2D eigenvalue weighted by molar-refractivity contribution is 0.478. The standard InChI is InChI=1S/C15H15N3O/c1-9-4-3-5-12-14(9)18(2)15(17-12)10-6-7-11(16)13(19)8-10/h3-8,19H,16H2,1-2H3. The molecule has 0 saturated carbocycles. The molecule has 4 heteroatoms. The first-order valence-electron chi connectivity index (χ1n) is 6.09. The number of aryl methyl sites for hydroxylation is 2. The van der Waals surface area contributed by atoms with E-state index in [-0.39, 0.29) is 5.75 Å². The van der Waals surface area contributed by atoms with Gasteiger partial charge in [0.15, 0.2) is 0 Å². The second-order valence-electron chi connectivity index (χ2n) is 4.71. The molecule has 0 aliphatic carbocycles. The molecule has 3 rings (SSSR count). The van der Waals surface area contributed by atoms with Crippen molar-refractivity contribution in [3.63, 3.8) is 0 Å². The number of phenols is 1. The zero-order chi connectivity index (χ0) is 13.6. The van der Waals surface area contributed by atoms with Gasteiger partial charge in [0.05, 0.1) is 16.7 Å². The molecule has 0 unspecified atom stereocenters. The first kappa shape index (κ1) is 11.6. The van der Waals surface area contributed by atoms with Gasteiger partial charge in [0.25, 0.3) is 0 Å². The number of hydrogen-bond donors (Lipinski definition) is 2. The van der Waals surface area contributed by atoms with Crippen molar-refractivity contribution >= 4 is 16.7 Å². The number of phenolic OH excluding ortho intramolecular Hbond substituents is 1. The third kappa shape index (κ3) is 1.73. The van der Waals surface area contributed by atoms with Crippen molar-refractivity contribution in [1.29, 1.82) is 0 Å². The van der Waals surface area contributed by atoms with Crippen molar-refractivity contribution in [2.24, 2.45) is 7.05 Å². The highest BCUT2D eigenvalue weighted by molar-refractivity contribution is 5.83. The summed E-state index contributed by atoms with van der Waals surface area (Å²) in [6, 6.07) is 11.3. The maximum absolute atomic E-state index is 9.72. The van der Waals surface area contributed by atoms with E-state index in [2.05, 4.69) is 18.0 Å². The van der Waals surface area contributed by atoms with Crippen LogP contribution in [0.2, 0.25) is 0 Å². The van der Waals surface area contributed by atoms with Crippen LogP contribution in [0.3, 0.4) is 0 Å². The number of benzene rings is 2. The summed E-state index contributed by atoms with van der Waals surface area (Å²) in [5, 5.41) is 9.72. The molecule has 0 saturated heterocycles. The van der Waals surface area contributed by atoms with Crippen LogP contribution in [0.5, 0.6) is 5.75 Å². The largest absolute Gasteiger partial charge is 0.506 e. The van der Waals surface area contributed by atoms with E-state index >= 15 is 0 Å². The Balaban J connectivity index is 2.28. The molecule has 0 aliphatic rings. The summed E-state index contributed by atoms with van der Waals surface area (Å²) < 4.78 is 2.04. The Morgan fingerprint density at radius 3 is 2.68 bits per heavy atom. The zero-order valence-corrected chi connectivity index (χ0v) is 10.9. The lowest BCUT2D eigenvalue weighted by Crippen LogP contribution is -1.94. The molecule has 0 aliphatic heterocycles. The highest BCUT2D eigenvalue weighted by atomic mass is 16.3. The molecule has 3 aromatic rings. The number of nitrogens with zero attached hydrogens (tertiary/aromatic N) is 2. The molecule has 0 spiro atoms. The van der Waals surface area contributed by atoms with Crippen molar-refractivity contribution in [3.05, 3.63) is 42.0 Å². The van der Waals surface area contributed by atoms with E-state index in [1.165, 1.54) is 5.56 Å². The van der Waals surface area contributed by atoms with Crippen LogP contribution < -0.4 is 5.73 Å². The van der Waals surface area contributed by atoms with Crippen LogP contribution in [0.1, 0.15) is 5.56 Å². The fourth-order valence-corrected chi connectivity index (χ4v) is 2.41. The number of anilines is 1. The molecule has 0 amide bonds. The fraction of sp³-hybridized carbons (Fsp3) is 0.133. The first-order chi connectivity index (χ1) is 9.08. The Labute approximate surface area is 111 Å². The molecular weight excluding hydrogens is 238 g/mol. The molecule has 19 heavy (non-hydrogen) atoms. The number of nitrogen functional groups attached to an aromatic ring is 1. The average molecular weight is 253 g/mol. The number of aromatic nitrogens is 2. The SMILES string of the molecule is Cc1cccc2nc(-c3ccc(N)c(O)c3)n(C)c12. The Bertz CT molecular complexity index is 774. The summed E-state index contributed by atoms with van der Waals surface area (Å²) in [4.78, 5) is 4.63. The van der Waals surface area contributed by atoms with Gasteiger partial charge in [-0.3, -0.25) is 0 Å². The topological polar surface area (TPSA) is 64.1 Å². The molecule has 3 N–H and O–H groups in total. The van der Waals surface area contributed by atoms with Crippen molar-refractivity contribution < 1.29 is 5.11 Å². The molecular formula is C15H15N3O. The lowest BCUT2D eigenvalue weighted by atomic mass is 10.2. The summed E-state index contributed by atoms with van der Waals surface area (Å²) >= 11 is 0. The number of aromatic hydroxyl groups is 1. The number of hydrogen-bond acceptors (Lipinski definition) is 3. The zero-order valence-electron chi connectivity index (χ0n) is 10.9. The van der Waals surface area contributed by atoms with Crippen molar-refractivity contribution in [2.75, 3.05) is 5.73 Å². The second kappa shape index (κ2) is 4.02. The first-order valence-corrected chi connectivity index (χ1v) is 6.09. The summed E-state index contributed by atoms with van der Waals surface area (Å²) in [5.74, 6) is 0.904. The van der Waals surface area contributed by atoms with Gasteiger partial charge in [-0.15, -0.1) is 0 Å². The van der Waals surface area contributed by atoms with E-state index in [0.29, 0.717) is 5.69 Å². The van der Waals surface area contributed by atoms with Crippen molar-refractivity contribution in [3.8, 4) is 17.1 Å². The van der Waals surface area contributed by atoms with Crippen LogP contribution >= 0.6 is 0 Å². The molecule has 0 radical (unpaired) electrons. The molecule has 0 bridgehead atoms. The van der Waals surface area contributed by atoms with Gasteiger partial charge in [-0.1, -0.05) is 12.1 Å². The summed E-state index contributed by atoms with van der Waals surface area (Å²) in [6.07, 6.45) is 0. The number of para-hydroxylation sites is 1. The van der Waals surface area contributed by atoms with Crippen molar-refractivity contribution in [2.45, 2.75) is 6.92 Å². The minimum atomic E-state index is 0.0845. The van der Waals surface area contributed by atoms with Crippen molar-refractivity contribution in [1.82, 2.24) is 9.55 Å². The number of fused-ring (bicyclic) bond motifs is 1. The lowest BCUT2D eigenvalue weighted by Gasteiger charge is -2.05. The van der Waals surface area contributed by atoms with Gasteiger partial charge in [0.1, 0.15) is 11.6 Å². The van der Waals surface area contributed by atoms with E-state index < -0.39 is 0 Å². The van der Waals surface area contributed by atoms with Crippen LogP contribution in [0, 0.1) is 6.92 Å². The minimum absolute atomic E-state index is 0.0845. The molecule has 0 fully saturated rings. The number of nitrogens with two attached hydrogens (primary N) is 1. The summed E-state index contributed by atoms with van der Waals surface area (Å²) in [6.45, 7) is 2.06. The predicted octanol–water partition coefficient (Wildman–Crippen LogP) is 2.84. The van der Waals surface area contributed by atoms with E-state index in [4.69, 9.17) is 5.73 Å². The third-order valence-electron chi connectivity index (χ3n) is 3.38. The Kier molecular flexibility index (Phi) is 2.45. The molecule has 1 aromatic heterocycles. The van der Waals surface area contributed by atoms with Gasteiger partial charge in [-0.2, -0.15) is 0 Å². The Morgan fingerprint density at radius 1 is 1.21 bits per heavy atom. The fourth-order valence-electron chi connectivity index (χ4n) is 2.41. The van der Waals surface area contributed by atoms with Crippen LogP contribution in [-0.2, 0) is 7.05 Å². The van der Waals surface area contributed by atoms with Crippen LogP contribution in [0.25, 0.3) is 22.4 Å². The smallest absolute Gasteiger partial charge is 0.141 e. The summed E-state index contributed by atoms with van der Waals surface area (Å²) in [7, 11) is 1.98. The van der Waals surface area contributed by atoms with Gasteiger partial charge >= 0.3 is 0 Å². The van der Waals surface area contributed by atoms with E-state index in [1.807, 2.05) is 29.8 Å². The quantitative estimate of drug-likeness (QED) is 0.517. The van der Waals surface area contributed by atoms with E-state index in [0.717, 1.165) is 22.4 Å². The maximum Gasteiger partial charge on any atom is 0.141 e. The van der Waals surface area contributed by atoms with Crippen LogP contribution in [0.15, 0.2) is 36.4 Å². The van der Waals surface area contributed by atoms with Gasteiger partial charge in [-0.25, -0.2) is 4.98 Å². The third-order valence-corrected chi connectivity index (χ3v) is 3.38. The van der Waals surface area contributed by atoms with E-state index in [9.17, 15) is 5.11 Å². The number of imidazole rings is 1. The Morgan fingerprint density at radius 2 is 2.00 bits per heavy atom. The van der Waals surface area contributed by atoms with Gasteiger partial charge in [0.2, 0.25) is 0 Å². The second-order valence-corrected chi connectivity index (χ2v) is 4.71. The normalized spacial score (nSPS) is 11.1. The van der Waals surface area contributed by atoms with Crippen LogP contribution in [0.4, 0.5) is 5.69 Å². The summed E-state index contributed by atoms with van der Waals surface area (Å²) in [5.41, 5.74) is 10.1. The average Bonchev–Trinajstić information content (AvgIpc) is 2.72. The highest BCUT2D eigenvalue weighted by Gasteiger charge is 2.12. The molecule has 96 valence electrons. The molecule has 0 atom stereocenters.